The summed E-state index contributed by atoms with van der Waals surface area (Å²) in [6, 6.07) is 0. The van der Waals surface area contributed by atoms with Crippen molar-refractivity contribution in [2.45, 2.75) is 79.1 Å². The molecule has 3 saturated carbocycles. The minimum Gasteiger partial charge on any atom is -0.299 e. The fourth-order valence-electron chi connectivity index (χ4n) is 6.94. The van der Waals surface area contributed by atoms with Gasteiger partial charge in [0.1, 0.15) is 5.78 Å². The van der Waals surface area contributed by atoms with Crippen LogP contribution in [0.1, 0.15) is 79.1 Å². The normalized spacial score (nSPS) is 49.9. The molecule has 1 nitrogen and oxygen atoms in total. The molecule has 0 spiro atoms. The second-order valence-corrected chi connectivity index (χ2v) is 9.67. The standard InChI is InChI=1S/C21H32O/c1-19(2)18(22)13-17-15-9-8-14-7-5-6-11-20(14,3)16(15)10-12-21(17,19)4/h8,15-17H,5-7,9-13H2,1-4H3/t15-,16-,17+,20+,21+/m1/s1. The predicted octanol–water partition coefficient (Wildman–Crippen LogP) is 5.54. The summed E-state index contributed by atoms with van der Waals surface area (Å²) in [5, 5.41) is 0. The second-order valence-electron chi connectivity index (χ2n) is 9.67. The molecule has 0 radical (unpaired) electrons. The highest BCUT2D eigenvalue weighted by Crippen LogP contribution is 2.68. The van der Waals surface area contributed by atoms with Crippen molar-refractivity contribution in [2.75, 3.05) is 0 Å². The van der Waals surface area contributed by atoms with Gasteiger partial charge in [-0.15, -0.1) is 0 Å². The van der Waals surface area contributed by atoms with Gasteiger partial charge in [0.15, 0.2) is 0 Å². The summed E-state index contributed by atoms with van der Waals surface area (Å²) in [4.78, 5) is 12.7. The molecule has 0 unspecified atom stereocenters. The average molecular weight is 300 g/mol. The first-order valence-electron chi connectivity index (χ1n) is 9.53. The lowest BCUT2D eigenvalue weighted by Crippen LogP contribution is -2.51. The lowest BCUT2D eigenvalue weighted by molar-refractivity contribution is -0.128. The van der Waals surface area contributed by atoms with Gasteiger partial charge in [0.05, 0.1) is 0 Å². The molecule has 0 saturated heterocycles. The molecule has 122 valence electrons. The fraction of sp³-hybridized carbons (Fsp3) is 0.857. The van der Waals surface area contributed by atoms with Gasteiger partial charge in [-0.1, -0.05) is 45.8 Å². The van der Waals surface area contributed by atoms with E-state index in [2.05, 4.69) is 33.8 Å². The van der Waals surface area contributed by atoms with Crippen molar-refractivity contribution in [3.8, 4) is 0 Å². The molecule has 0 aliphatic heterocycles. The third-order valence-electron chi connectivity index (χ3n) is 8.94. The minimum absolute atomic E-state index is 0.111. The van der Waals surface area contributed by atoms with Gasteiger partial charge in [-0.25, -0.2) is 0 Å². The van der Waals surface area contributed by atoms with Gasteiger partial charge in [0, 0.05) is 11.8 Å². The number of carbonyl (C=O) groups is 1. The summed E-state index contributed by atoms with van der Waals surface area (Å²) in [5.74, 6) is 2.76. The Hall–Kier alpha value is -0.590. The van der Waals surface area contributed by atoms with Crippen LogP contribution in [0.2, 0.25) is 0 Å². The maximum atomic E-state index is 12.7. The first kappa shape index (κ1) is 15.0. The SMILES string of the molecule is CC1(C)C(=O)C[C@H]2[C@@H]3CC=C4CCCC[C@]4(C)[C@@H]3CC[C@@]21C. The number of carbonyl (C=O) groups excluding carboxylic acids is 1. The van der Waals surface area contributed by atoms with Crippen molar-refractivity contribution in [3.05, 3.63) is 11.6 Å². The first-order chi connectivity index (χ1) is 10.3. The summed E-state index contributed by atoms with van der Waals surface area (Å²) >= 11 is 0. The Morgan fingerprint density at radius 2 is 1.82 bits per heavy atom. The molecule has 1 heteroatoms. The Morgan fingerprint density at radius 1 is 1.05 bits per heavy atom. The Balaban J connectivity index is 1.73. The summed E-state index contributed by atoms with van der Waals surface area (Å²) in [5.41, 5.74) is 2.35. The summed E-state index contributed by atoms with van der Waals surface area (Å²) in [6.07, 6.45) is 12.8. The van der Waals surface area contributed by atoms with Gasteiger partial charge in [0.2, 0.25) is 0 Å². The Bertz CT molecular complexity index is 542. The van der Waals surface area contributed by atoms with E-state index in [4.69, 9.17) is 0 Å². The van der Waals surface area contributed by atoms with Gasteiger partial charge >= 0.3 is 0 Å². The van der Waals surface area contributed by atoms with Gasteiger partial charge in [-0.2, -0.15) is 0 Å². The Morgan fingerprint density at radius 3 is 2.59 bits per heavy atom. The molecule has 4 rings (SSSR count). The highest BCUT2D eigenvalue weighted by Gasteiger charge is 2.63. The van der Waals surface area contributed by atoms with Crippen LogP contribution in [-0.2, 0) is 4.79 Å². The molecule has 4 aliphatic carbocycles. The molecule has 5 atom stereocenters. The molecule has 0 bridgehead atoms. The molecule has 0 N–H and O–H groups in total. The van der Waals surface area contributed by atoms with E-state index in [9.17, 15) is 4.79 Å². The summed E-state index contributed by atoms with van der Waals surface area (Å²) in [7, 11) is 0. The van der Waals surface area contributed by atoms with Crippen LogP contribution >= 0.6 is 0 Å². The number of hydrogen-bond acceptors (Lipinski definition) is 1. The lowest BCUT2D eigenvalue weighted by Gasteiger charge is -2.58. The number of rotatable bonds is 0. The summed E-state index contributed by atoms with van der Waals surface area (Å²) < 4.78 is 0. The molecule has 22 heavy (non-hydrogen) atoms. The molecule has 4 aliphatic rings. The van der Waals surface area contributed by atoms with Crippen LogP contribution in [0.15, 0.2) is 11.6 Å². The third kappa shape index (κ3) is 1.64. The quantitative estimate of drug-likeness (QED) is 0.536. The van der Waals surface area contributed by atoms with Crippen LogP contribution in [-0.4, -0.2) is 5.78 Å². The number of ketones is 1. The molecule has 0 aromatic heterocycles. The topological polar surface area (TPSA) is 17.1 Å². The minimum atomic E-state index is -0.111. The zero-order chi connectivity index (χ0) is 15.8. The largest absolute Gasteiger partial charge is 0.299 e. The highest BCUT2D eigenvalue weighted by atomic mass is 16.1. The van der Waals surface area contributed by atoms with Crippen LogP contribution in [0.3, 0.4) is 0 Å². The van der Waals surface area contributed by atoms with E-state index < -0.39 is 0 Å². The zero-order valence-corrected chi connectivity index (χ0v) is 14.9. The van der Waals surface area contributed by atoms with E-state index in [1.807, 2.05) is 0 Å². The fourth-order valence-corrected chi connectivity index (χ4v) is 6.94. The third-order valence-corrected chi connectivity index (χ3v) is 8.94. The van der Waals surface area contributed by atoms with Crippen LogP contribution in [0, 0.1) is 34.0 Å². The predicted molar refractivity (Wildman–Crippen MR) is 90.5 cm³/mol. The van der Waals surface area contributed by atoms with E-state index >= 15 is 0 Å². The van der Waals surface area contributed by atoms with Gasteiger partial charge < -0.3 is 0 Å². The number of hydrogen-bond donors (Lipinski definition) is 0. The van der Waals surface area contributed by atoms with Crippen molar-refractivity contribution < 1.29 is 4.79 Å². The summed E-state index contributed by atoms with van der Waals surface area (Å²) in [6.45, 7) is 9.44. The maximum Gasteiger partial charge on any atom is 0.139 e. The smallest absolute Gasteiger partial charge is 0.139 e. The van der Waals surface area contributed by atoms with Gasteiger partial charge in [-0.05, 0) is 67.1 Å². The molecule has 0 aromatic rings. The Labute approximate surface area is 135 Å². The molecular formula is C21H32O. The average Bonchev–Trinajstić information content (AvgIpc) is 2.66. The molecule has 0 aromatic carbocycles. The second kappa shape index (κ2) is 4.48. The van der Waals surface area contributed by atoms with Crippen molar-refractivity contribution in [1.82, 2.24) is 0 Å². The van der Waals surface area contributed by atoms with Crippen molar-refractivity contribution in [1.29, 1.82) is 0 Å². The number of fused-ring (bicyclic) bond motifs is 5. The van der Waals surface area contributed by atoms with Crippen molar-refractivity contribution >= 4 is 5.78 Å². The Kier molecular flexibility index (Phi) is 3.05. The van der Waals surface area contributed by atoms with Crippen molar-refractivity contribution in [2.24, 2.45) is 34.0 Å². The van der Waals surface area contributed by atoms with Crippen LogP contribution in [0.25, 0.3) is 0 Å². The monoisotopic (exact) mass is 300 g/mol. The maximum absolute atomic E-state index is 12.7. The zero-order valence-electron chi connectivity index (χ0n) is 14.9. The van der Waals surface area contributed by atoms with Crippen LogP contribution < -0.4 is 0 Å². The number of Topliss-reactive ketones (excluding diaryl/α,β-unsaturated/α-hetero) is 1. The van der Waals surface area contributed by atoms with E-state index in [1.165, 1.54) is 44.9 Å². The molecule has 3 fully saturated rings. The van der Waals surface area contributed by atoms with Gasteiger partial charge in [0.25, 0.3) is 0 Å². The molecular weight excluding hydrogens is 268 g/mol. The van der Waals surface area contributed by atoms with Crippen molar-refractivity contribution in [3.63, 3.8) is 0 Å². The van der Waals surface area contributed by atoms with Crippen LogP contribution in [0.4, 0.5) is 0 Å². The van der Waals surface area contributed by atoms with E-state index in [0.29, 0.717) is 17.1 Å². The van der Waals surface area contributed by atoms with E-state index in [-0.39, 0.29) is 10.8 Å². The molecule has 0 heterocycles. The highest BCUT2D eigenvalue weighted by molar-refractivity contribution is 5.88. The van der Waals surface area contributed by atoms with E-state index in [0.717, 1.165) is 18.3 Å². The van der Waals surface area contributed by atoms with Gasteiger partial charge in [-0.3, -0.25) is 4.79 Å². The van der Waals surface area contributed by atoms with Crippen LogP contribution in [0.5, 0.6) is 0 Å². The number of allylic oxidation sites excluding steroid dienone is 2. The first-order valence-corrected chi connectivity index (χ1v) is 9.53. The lowest BCUT2D eigenvalue weighted by atomic mass is 9.46. The van der Waals surface area contributed by atoms with E-state index in [1.54, 1.807) is 5.57 Å². The molecule has 0 amide bonds.